The van der Waals surface area contributed by atoms with E-state index in [0.29, 0.717) is 18.8 Å². The SMILES string of the molecule is COC(=O)C1Cc2ccccc2CN1C(=O)Cn1c(COc2ccccc2)nc2ccccc21. The molecule has 0 saturated heterocycles. The number of rotatable bonds is 6. The van der Waals surface area contributed by atoms with Crippen molar-refractivity contribution < 1.29 is 19.1 Å². The molecule has 3 aromatic carbocycles. The van der Waals surface area contributed by atoms with Crippen LogP contribution in [0.2, 0.25) is 0 Å². The summed E-state index contributed by atoms with van der Waals surface area (Å²) in [6.07, 6.45) is 0.434. The summed E-state index contributed by atoms with van der Waals surface area (Å²) in [5.41, 5.74) is 3.73. The molecule has 1 amide bonds. The molecule has 172 valence electrons. The van der Waals surface area contributed by atoms with E-state index in [-0.39, 0.29) is 19.1 Å². The normalized spacial score (nSPS) is 15.1. The number of amides is 1. The Labute approximate surface area is 197 Å². The molecule has 1 unspecified atom stereocenters. The fraction of sp³-hybridized carbons (Fsp3) is 0.222. The van der Waals surface area contributed by atoms with Crippen molar-refractivity contribution in [2.75, 3.05) is 7.11 Å². The number of ether oxygens (including phenoxy) is 2. The van der Waals surface area contributed by atoms with E-state index in [0.717, 1.165) is 27.9 Å². The van der Waals surface area contributed by atoms with Gasteiger partial charge < -0.3 is 18.9 Å². The predicted molar refractivity (Wildman–Crippen MR) is 127 cm³/mol. The van der Waals surface area contributed by atoms with Gasteiger partial charge in [-0.05, 0) is 35.4 Å². The van der Waals surface area contributed by atoms with Gasteiger partial charge in [-0.3, -0.25) is 4.79 Å². The third kappa shape index (κ3) is 4.24. The maximum Gasteiger partial charge on any atom is 0.328 e. The number of methoxy groups -OCH3 is 1. The molecule has 2 heterocycles. The number of carbonyl (C=O) groups excluding carboxylic acids is 2. The van der Waals surface area contributed by atoms with Crippen molar-refractivity contribution in [1.82, 2.24) is 14.5 Å². The number of hydrogen-bond donors (Lipinski definition) is 0. The molecule has 0 spiro atoms. The fourth-order valence-electron chi connectivity index (χ4n) is 4.43. The smallest absolute Gasteiger partial charge is 0.328 e. The van der Waals surface area contributed by atoms with Crippen LogP contribution >= 0.6 is 0 Å². The minimum absolute atomic E-state index is 0.0453. The van der Waals surface area contributed by atoms with E-state index in [9.17, 15) is 9.59 Å². The number of para-hydroxylation sites is 3. The lowest BCUT2D eigenvalue weighted by Gasteiger charge is -2.35. The van der Waals surface area contributed by atoms with E-state index in [4.69, 9.17) is 14.5 Å². The van der Waals surface area contributed by atoms with Gasteiger partial charge >= 0.3 is 5.97 Å². The van der Waals surface area contributed by atoms with Crippen molar-refractivity contribution in [3.63, 3.8) is 0 Å². The van der Waals surface area contributed by atoms with Crippen LogP contribution in [0.1, 0.15) is 17.0 Å². The molecule has 1 aliphatic rings. The maximum atomic E-state index is 13.6. The van der Waals surface area contributed by atoms with Gasteiger partial charge in [-0.1, -0.05) is 54.6 Å². The highest BCUT2D eigenvalue weighted by Crippen LogP contribution is 2.25. The molecular weight excluding hydrogens is 430 g/mol. The first kappa shape index (κ1) is 21.7. The molecule has 1 aliphatic heterocycles. The first-order chi connectivity index (χ1) is 16.6. The Morgan fingerprint density at radius 1 is 0.941 bits per heavy atom. The lowest BCUT2D eigenvalue weighted by Crippen LogP contribution is -2.50. The second-order valence-electron chi connectivity index (χ2n) is 8.24. The van der Waals surface area contributed by atoms with Crippen molar-refractivity contribution >= 4 is 22.9 Å². The van der Waals surface area contributed by atoms with Gasteiger partial charge in [0.05, 0.1) is 18.1 Å². The molecule has 1 aromatic heterocycles. The zero-order valence-corrected chi connectivity index (χ0v) is 18.9. The number of nitrogens with zero attached hydrogens (tertiary/aromatic N) is 3. The number of esters is 1. The summed E-state index contributed by atoms with van der Waals surface area (Å²) >= 11 is 0. The van der Waals surface area contributed by atoms with Gasteiger partial charge in [-0.15, -0.1) is 0 Å². The minimum Gasteiger partial charge on any atom is -0.486 e. The van der Waals surface area contributed by atoms with Gasteiger partial charge in [0.25, 0.3) is 0 Å². The van der Waals surface area contributed by atoms with Gasteiger partial charge in [-0.2, -0.15) is 0 Å². The molecule has 0 radical (unpaired) electrons. The quantitative estimate of drug-likeness (QED) is 0.414. The predicted octanol–water partition coefficient (Wildman–Crippen LogP) is 3.74. The summed E-state index contributed by atoms with van der Waals surface area (Å²) in [6, 6.07) is 24.4. The summed E-state index contributed by atoms with van der Waals surface area (Å²) in [5.74, 6) is 0.788. The molecule has 7 nitrogen and oxygen atoms in total. The fourth-order valence-corrected chi connectivity index (χ4v) is 4.43. The molecule has 0 bridgehead atoms. The highest BCUT2D eigenvalue weighted by molar-refractivity contribution is 5.86. The Morgan fingerprint density at radius 3 is 2.44 bits per heavy atom. The van der Waals surface area contributed by atoms with Crippen LogP contribution in [-0.2, 0) is 40.4 Å². The zero-order chi connectivity index (χ0) is 23.5. The Bertz CT molecular complexity index is 1330. The minimum atomic E-state index is -0.661. The van der Waals surface area contributed by atoms with Crippen molar-refractivity contribution in [2.24, 2.45) is 0 Å². The number of hydrogen-bond acceptors (Lipinski definition) is 5. The first-order valence-electron chi connectivity index (χ1n) is 11.2. The summed E-state index contributed by atoms with van der Waals surface area (Å²) in [6.45, 7) is 0.621. The number of fused-ring (bicyclic) bond motifs is 2. The van der Waals surface area contributed by atoms with Crippen LogP contribution in [0.25, 0.3) is 11.0 Å². The number of benzene rings is 3. The lowest BCUT2D eigenvalue weighted by atomic mass is 9.94. The number of imidazole rings is 1. The van der Waals surface area contributed by atoms with Crippen molar-refractivity contribution in [1.29, 1.82) is 0 Å². The van der Waals surface area contributed by atoms with Gasteiger partial charge in [0.2, 0.25) is 5.91 Å². The largest absolute Gasteiger partial charge is 0.486 e. The third-order valence-electron chi connectivity index (χ3n) is 6.18. The number of aromatic nitrogens is 2. The molecule has 5 rings (SSSR count). The maximum absolute atomic E-state index is 13.6. The zero-order valence-electron chi connectivity index (χ0n) is 18.9. The molecule has 4 aromatic rings. The Kier molecular flexibility index (Phi) is 5.99. The monoisotopic (exact) mass is 455 g/mol. The number of carbonyl (C=O) groups is 2. The Morgan fingerprint density at radius 2 is 1.65 bits per heavy atom. The van der Waals surface area contributed by atoms with Crippen LogP contribution in [0.3, 0.4) is 0 Å². The lowest BCUT2D eigenvalue weighted by molar-refractivity contribution is -0.154. The molecule has 0 aliphatic carbocycles. The van der Waals surface area contributed by atoms with Crippen LogP contribution < -0.4 is 4.74 Å². The molecule has 1 atom stereocenters. The first-order valence-corrected chi connectivity index (χ1v) is 11.2. The molecular formula is C27H25N3O4. The van der Waals surface area contributed by atoms with E-state index >= 15 is 0 Å². The Hall–Kier alpha value is -4.13. The van der Waals surface area contributed by atoms with Crippen molar-refractivity contribution in [2.45, 2.75) is 32.2 Å². The van der Waals surface area contributed by atoms with E-state index in [1.54, 1.807) is 4.90 Å². The molecule has 0 fully saturated rings. The van der Waals surface area contributed by atoms with E-state index in [1.807, 2.05) is 83.4 Å². The highest BCUT2D eigenvalue weighted by atomic mass is 16.5. The van der Waals surface area contributed by atoms with Crippen LogP contribution in [-0.4, -0.2) is 39.5 Å². The highest BCUT2D eigenvalue weighted by Gasteiger charge is 2.35. The molecule has 7 heteroatoms. The standard InChI is InChI=1S/C27H25N3O4/c1-33-27(32)24-15-19-9-5-6-10-20(19)16-30(24)26(31)17-29-23-14-8-7-13-22(23)28-25(29)18-34-21-11-3-2-4-12-21/h2-14,24H,15-18H2,1H3. The summed E-state index contributed by atoms with van der Waals surface area (Å²) < 4.78 is 12.8. The molecule has 0 saturated carbocycles. The summed E-state index contributed by atoms with van der Waals surface area (Å²) in [7, 11) is 1.36. The van der Waals surface area contributed by atoms with Gasteiger partial charge in [-0.25, -0.2) is 9.78 Å². The Balaban J connectivity index is 1.44. The van der Waals surface area contributed by atoms with E-state index < -0.39 is 12.0 Å². The second kappa shape index (κ2) is 9.39. The average molecular weight is 456 g/mol. The van der Waals surface area contributed by atoms with E-state index in [1.165, 1.54) is 7.11 Å². The van der Waals surface area contributed by atoms with Crippen LogP contribution in [0, 0.1) is 0 Å². The molecule has 34 heavy (non-hydrogen) atoms. The summed E-state index contributed by atoms with van der Waals surface area (Å²) in [5, 5.41) is 0. The van der Waals surface area contributed by atoms with E-state index in [2.05, 4.69) is 0 Å². The third-order valence-corrected chi connectivity index (χ3v) is 6.18. The van der Waals surface area contributed by atoms with Crippen molar-refractivity contribution in [3.05, 3.63) is 95.8 Å². The van der Waals surface area contributed by atoms with Crippen LogP contribution in [0.15, 0.2) is 78.9 Å². The van der Waals surface area contributed by atoms with Crippen LogP contribution in [0.4, 0.5) is 0 Å². The average Bonchev–Trinajstić information content (AvgIpc) is 3.24. The van der Waals surface area contributed by atoms with Crippen molar-refractivity contribution in [3.8, 4) is 5.75 Å². The topological polar surface area (TPSA) is 73.7 Å². The molecule has 0 N–H and O–H groups in total. The van der Waals surface area contributed by atoms with Gasteiger partial charge in [0, 0.05) is 13.0 Å². The van der Waals surface area contributed by atoms with Gasteiger partial charge in [0.1, 0.15) is 30.8 Å². The van der Waals surface area contributed by atoms with Gasteiger partial charge in [0.15, 0.2) is 0 Å². The van der Waals surface area contributed by atoms with Crippen LogP contribution in [0.5, 0.6) is 5.75 Å². The second-order valence-corrected chi connectivity index (χ2v) is 8.24. The summed E-state index contributed by atoms with van der Waals surface area (Å²) in [4.78, 5) is 32.5.